The lowest BCUT2D eigenvalue weighted by Crippen LogP contribution is -2.35. The van der Waals surface area contributed by atoms with Crippen LogP contribution in [0.25, 0.3) is 11.3 Å². The van der Waals surface area contributed by atoms with E-state index in [0.717, 1.165) is 19.3 Å². The molecule has 1 aromatic carbocycles. The molecule has 0 radical (unpaired) electrons. The topological polar surface area (TPSA) is 83.1 Å². The summed E-state index contributed by atoms with van der Waals surface area (Å²) in [4.78, 5) is 11.2. The van der Waals surface area contributed by atoms with Crippen molar-refractivity contribution in [1.82, 2.24) is 14.5 Å². The number of nitrogens with zero attached hydrogens (tertiary/aromatic N) is 2. The molecule has 1 saturated heterocycles. The van der Waals surface area contributed by atoms with Crippen LogP contribution in [-0.2, 0) is 10.0 Å². The zero-order valence-electron chi connectivity index (χ0n) is 12.3. The molecule has 0 aliphatic carbocycles. The summed E-state index contributed by atoms with van der Waals surface area (Å²) in [5.41, 5.74) is 0.751. The Bertz CT molecular complexity index is 853. The summed E-state index contributed by atoms with van der Waals surface area (Å²) < 4.78 is 27.1. The first kappa shape index (κ1) is 16.2. The van der Waals surface area contributed by atoms with Crippen LogP contribution in [0.2, 0.25) is 5.02 Å². The van der Waals surface area contributed by atoms with Gasteiger partial charge in [-0.3, -0.25) is 4.79 Å². The highest BCUT2D eigenvalue weighted by atomic mass is 35.5. The third kappa shape index (κ3) is 3.31. The van der Waals surface area contributed by atoms with Gasteiger partial charge in [0, 0.05) is 24.7 Å². The molecule has 1 aromatic heterocycles. The van der Waals surface area contributed by atoms with Gasteiger partial charge in [-0.2, -0.15) is 9.40 Å². The standard InChI is InChI=1S/C15H16ClN3O3S/c16-12-5-4-11(13-6-7-15(20)18-17-13)10-14(12)23(21,22)19-8-2-1-3-9-19/h4-7,10H,1-3,8-9H2,(H,18,20). The van der Waals surface area contributed by atoms with Crippen LogP contribution in [0.4, 0.5) is 0 Å². The summed E-state index contributed by atoms with van der Waals surface area (Å²) in [5, 5.41) is 6.45. The summed E-state index contributed by atoms with van der Waals surface area (Å²) in [7, 11) is -3.63. The number of piperidine rings is 1. The number of aromatic amines is 1. The van der Waals surface area contributed by atoms with E-state index in [1.807, 2.05) is 0 Å². The van der Waals surface area contributed by atoms with E-state index in [1.165, 1.54) is 16.4 Å². The van der Waals surface area contributed by atoms with E-state index in [4.69, 9.17) is 11.6 Å². The molecule has 2 heterocycles. The van der Waals surface area contributed by atoms with E-state index in [1.54, 1.807) is 18.2 Å². The minimum atomic E-state index is -3.63. The van der Waals surface area contributed by atoms with Gasteiger partial charge in [-0.25, -0.2) is 13.5 Å². The number of sulfonamides is 1. The Morgan fingerprint density at radius 1 is 1.09 bits per heavy atom. The first-order valence-electron chi connectivity index (χ1n) is 7.34. The maximum atomic E-state index is 12.8. The number of aromatic nitrogens is 2. The number of rotatable bonds is 3. The zero-order valence-corrected chi connectivity index (χ0v) is 13.9. The van der Waals surface area contributed by atoms with E-state index < -0.39 is 10.0 Å². The molecular formula is C15H16ClN3O3S. The van der Waals surface area contributed by atoms with Crippen molar-refractivity contribution >= 4 is 21.6 Å². The van der Waals surface area contributed by atoms with E-state index in [2.05, 4.69) is 10.2 Å². The average Bonchev–Trinajstić information content (AvgIpc) is 2.57. The molecule has 1 N–H and O–H groups in total. The third-order valence-electron chi connectivity index (χ3n) is 3.84. The Morgan fingerprint density at radius 3 is 2.48 bits per heavy atom. The molecule has 23 heavy (non-hydrogen) atoms. The van der Waals surface area contributed by atoms with Gasteiger partial charge in [0.05, 0.1) is 10.7 Å². The van der Waals surface area contributed by atoms with Gasteiger partial charge in [0.15, 0.2) is 0 Å². The van der Waals surface area contributed by atoms with Crippen LogP contribution in [0.3, 0.4) is 0 Å². The first-order chi connectivity index (χ1) is 11.0. The minimum absolute atomic E-state index is 0.0755. The number of nitrogens with one attached hydrogen (secondary N) is 1. The molecule has 0 amide bonds. The van der Waals surface area contributed by atoms with Crippen molar-refractivity contribution in [3.05, 3.63) is 45.7 Å². The molecule has 0 saturated carbocycles. The number of hydrogen-bond acceptors (Lipinski definition) is 4. The second-order valence-corrected chi connectivity index (χ2v) is 7.73. The summed E-state index contributed by atoms with van der Waals surface area (Å²) in [6, 6.07) is 7.61. The lowest BCUT2D eigenvalue weighted by Gasteiger charge is -2.26. The van der Waals surface area contributed by atoms with Crippen LogP contribution in [0.1, 0.15) is 19.3 Å². The molecule has 1 aliphatic rings. The lowest BCUT2D eigenvalue weighted by molar-refractivity contribution is 0.346. The number of hydrogen-bond donors (Lipinski definition) is 1. The quantitative estimate of drug-likeness (QED) is 0.917. The Kier molecular flexibility index (Phi) is 4.52. The smallest absolute Gasteiger partial charge is 0.264 e. The minimum Gasteiger partial charge on any atom is -0.268 e. The van der Waals surface area contributed by atoms with Crippen molar-refractivity contribution in [3.8, 4) is 11.3 Å². The summed E-state index contributed by atoms with van der Waals surface area (Å²) >= 11 is 6.13. The second-order valence-electron chi connectivity index (χ2n) is 5.42. The van der Waals surface area contributed by atoms with Crippen molar-refractivity contribution in [2.45, 2.75) is 24.2 Å². The molecule has 8 heteroatoms. The molecule has 1 aliphatic heterocycles. The Hall–Kier alpha value is -1.70. The van der Waals surface area contributed by atoms with E-state index in [9.17, 15) is 13.2 Å². The molecule has 0 unspecified atom stereocenters. The van der Waals surface area contributed by atoms with Crippen molar-refractivity contribution in [2.24, 2.45) is 0 Å². The molecule has 122 valence electrons. The Labute approximate surface area is 139 Å². The molecule has 1 fully saturated rings. The largest absolute Gasteiger partial charge is 0.268 e. The van der Waals surface area contributed by atoms with Crippen molar-refractivity contribution in [1.29, 1.82) is 0 Å². The highest BCUT2D eigenvalue weighted by Gasteiger charge is 2.28. The van der Waals surface area contributed by atoms with Gasteiger partial charge in [-0.05, 0) is 31.0 Å². The summed E-state index contributed by atoms with van der Waals surface area (Å²) in [6.07, 6.45) is 2.76. The normalized spacial score (nSPS) is 16.4. The zero-order chi connectivity index (χ0) is 16.4. The molecule has 6 nitrogen and oxygen atoms in total. The Balaban J connectivity index is 2.03. The van der Waals surface area contributed by atoms with E-state index in [-0.39, 0.29) is 15.5 Å². The van der Waals surface area contributed by atoms with Crippen LogP contribution < -0.4 is 5.56 Å². The van der Waals surface area contributed by atoms with Gasteiger partial charge in [-0.1, -0.05) is 24.1 Å². The highest BCUT2D eigenvalue weighted by molar-refractivity contribution is 7.89. The molecular weight excluding hydrogens is 338 g/mol. The SMILES string of the molecule is O=c1ccc(-c2ccc(Cl)c(S(=O)(=O)N3CCCCC3)c2)n[nH]1. The predicted molar refractivity (Wildman–Crippen MR) is 87.9 cm³/mol. The molecule has 0 atom stereocenters. The van der Waals surface area contributed by atoms with Crippen molar-refractivity contribution in [3.63, 3.8) is 0 Å². The summed E-state index contributed by atoms with van der Waals surface area (Å²) in [5.74, 6) is 0. The summed E-state index contributed by atoms with van der Waals surface area (Å²) in [6.45, 7) is 1.03. The van der Waals surface area contributed by atoms with Crippen molar-refractivity contribution < 1.29 is 8.42 Å². The van der Waals surface area contributed by atoms with Crippen LogP contribution in [0.5, 0.6) is 0 Å². The molecule has 2 aromatic rings. The fraction of sp³-hybridized carbons (Fsp3) is 0.333. The van der Waals surface area contributed by atoms with Gasteiger partial charge in [0.1, 0.15) is 4.90 Å². The fourth-order valence-electron chi connectivity index (χ4n) is 2.61. The van der Waals surface area contributed by atoms with E-state index >= 15 is 0 Å². The number of benzene rings is 1. The van der Waals surface area contributed by atoms with Gasteiger partial charge in [-0.15, -0.1) is 0 Å². The average molecular weight is 354 g/mol. The monoisotopic (exact) mass is 353 g/mol. The molecule has 3 rings (SSSR count). The maximum absolute atomic E-state index is 12.8. The van der Waals surface area contributed by atoms with Crippen LogP contribution in [0, 0.1) is 0 Å². The number of H-pyrrole nitrogens is 1. The second kappa shape index (κ2) is 6.43. The lowest BCUT2D eigenvalue weighted by atomic mass is 10.1. The molecule has 0 spiro atoms. The van der Waals surface area contributed by atoms with Gasteiger partial charge < -0.3 is 0 Å². The highest BCUT2D eigenvalue weighted by Crippen LogP contribution is 2.30. The molecule has 0 bridgehead atoms. The maximum Gasteiger partial charge on any atom is 0.264 e. The first-order valence-corrected chi connectivity index (χ1v) is 9.16. The van der Waals surface area contributed by atoms with Gasteiger partial charge in [0.2, 0.25) is 10.0 Å². The van der Waals surface area contributed by atoms with Crippen LogP contribution in [0.15, 0.2) is 40.0 Å². The fourth-order valence-corrected chi connectivity index (χ4v) is 4.63. The van der Waals surface area contributed by atoms with Gasteiger partial charge in [0.25, 0.3) is 5.56 Å². The van der Waals surface area contributed by atoms with Gasteiger partial charge >= 0.3 is 0 Å². The number of halogens is 1. The third-order valence-corrected chi connectivity index (χ3v) is 6.22. The van der Waals surface area contributed by atoms with Crippen molar-refractivity contribution in [2.75, 3.05) is 13.1 Å². The van der Waals surface area contributed by atoms with Crippen LogP contribution >= 0.6 is 11.6 Å². The Morgan fingerprint density at radius 2 is 1.83 bits per heavy atom. The predicted octanol–water partition coefficient (Wildman–Crippen LogP) is 2.26. The van der Waals surface area contributed by atoms with Crippen LogP contribution in [-0.4, -0.2) is 36.0 Å². The van der Waals surface area contributed by atoms with E-state index in [0.29, 0.717) is 24.3 Å².